The molecule has 0 saturated heterocycles. The third-order valence-electron chi connectivity index (χ3n) is 2.73. The van der Waals surface area contributed by atoms with Crippen LogP contribution in [0.4, 0.5) is 0 Å². The summed E-state index contributed by atoms with van der Waals surface area (Å²) in [5, 5.41) is 15.6. The van der Waals surface area contributed by atoms with E-state index in [1.807, 2.05) is 13.2 Å². The maximum atomic E-state index is 11.7. The van der Waals surface area contributed by atoms with Crippen LogP contribution in [0.3, 0.4) is 0 Å². The minimum absolute atomic E-state index is 0.0564. The molecule has 0 aromatic carbocycles. The topological polar surface area (TPSA) is 84.2 Å². The Bertz CT molecular complexity index is 618. The molecule has 6 nitrogen and oxygen atoms in total. The van der Waals surface area contributed by atoms with E-state index in [0.29, 0.717) is 19.4 Å². The van der Waals surface area contributed by atoms with E-state index in [4.69, 9.17) is 5.11 Å². The molecule has 0 aliphatic rings. The molecule has 2 aromatic heterocycles. The maximum Gasteiger partial charge on any atom is 0.345 e. The second-order valence-electron chi connectivity index (χ2n) is 4.37. The zero-order valence-corrected chi connectivity index (χ0v) is 11.8. The van der Waals surface area contributed by atoms with Crippen molar-refractivity contribution in [3.8, 4) is 0 Å². The number of aromatic carboxylic acids is 1. The number of nitrogens with zero attached hydrogens (tertiary/aromatic N) is 2. The molecule has 0 radical (unpaired) electrons. The van der Waals surface area contributed by atoms with Crippen molar-refractivity contribution in [3.63, 3.8) is 0 Å². The van der Waals surface area contributed by atoms with Crippen LogP contribution in [0.1, 0.15) is 26.5 Å². The van der Waals surface area contributed by atoms with Crippen molar-refractivity contribution in [1.29, 1.82) is 0 Å². The Morgan fingerprint density at radius 2 is 2.25 bits per heavy atom. The number of hydrogen-bond acceptors (Lipinski definition) is 4. The minimum atomic E-state index is -0.941. The zero-order valence-electron chi connectivity index (χ0n) is 11.0. The number of amides is 1. The van der Waals surface area contributed by atoms with Crippen LogP contribution < -0.4 is 5.32 Å². The highest BCUT2D eigenvalue weighted by Gasteiger charge is 2.08. The van der Waals surface area contributed by atoms with Gasteiger partial charge >= 0.3 is 5.97 Å². The van der Waals surface area contributed by atoms with Crippen LogP contribution in [0.15, 0.2) is 24.5 Å². The van der Waals surface area contributed by atoms with Gasteiger partial charge in [-0.05, 0) is 24.1 Å². The molecule has 0 aliphatic heterocycles. The molecule has 2 N–H and O–H groups in total. The fourth-order valence-corrected chi connectivity index (χ4v) is 2.51. The van der Waals surface area contributed by atoms with Gasteiger partial charge in [-0.15, -0.1) is 11.3 Å². The molecule has 1 amide bonds. The Hall–Kier alpha value is -2.15. The van der Waals surface area contributed by atoms with Gasteiger partial charge in [0.1, 0.15) is 4.88 Å². The molecule has 2 rings (SSSR count). The van der Waals surface area contributed by atoms with Crippen molar-refractivity contribution in [2.45, 2.75) is 19.4 Å². The van der Waals surface area contributed by atoms with Crippen molar-refractivity contribution in [2.24, 2.45) is 7.05 Å². The van der Waals surface area contributed by atoms with Crippen LogP contribution in [0.5, 0.6) is 0 Å². The number of nitrogens with one attached hydrogen (secondary N) is 1. The lowest BCUT2D eigenvalue weighted by Crippen LogP contribution is -2.22. The lowest BCUT2D eigenvalue weighted by Gasteiger charge is -2.02. The van der Waals surface area contributed by atoms with Gasteiger partial charge in [-0.25, -0.2) is 4.79 Å². The summed E-state index contributed by atoms with van der Waals surface area (Å²) in [5.41, 5.74) is 1.02. The molecule has 0 spiro atoms. The molecule has 0 unspecified atom stereocenters. The van der Waals surface area contributed by atoms with Crippen molar-refractivity contribution < 1.29 is 14.7 Å². The van der Waals surface area contributed by atoms with Crippen molar-refractivity contribution in [1.82, 2.24) is 15.1 Å². The first-order valence-corrected chi connectivity index (χ1v) is 6.92. The largest absolute Gasteiger partial charge is 0.477 e. The lowest BCUT2D eigenvalue weighted by atomic mass is 10.2. The van der Waals surface area contributed by atoms with Crippen molar-refractivity contribution in [2.75, 3.05) is 0 Å². The first-order valence-electron chi connectivity index (χ1n) is 6.11. The predicted molar refractivity (Wildman–Crippen MR) is 74.7 cm³/mol. The Morgan fingerprint density at radius 1 is 1.45 bits per heavy atom. The molecular formula is C13H15N3O3S. The van der Waals surface area contributed by atoms with Crippen LogP contribution in [0.2, 0.25) is 0 Å². The van der Waals surface area contributed by atoms with E-state index >= 15 is 0 Å². The van der Waals surface area contributed by atoms with Gasteiger partial charge in [-0.2, -0.15) is 5.10 Å². The van der Waals surface area contributed by atoms with Gasteiger partial charge in [0.25, 0.3) is 0 Å². The standard InChI is InChI=1S/C13H15N3O3S/c1-16-8-9(6-15-16)2-5-12(17)14-7-10-3-4-11(20-10)13(18)19/h3-4,6,8H,2,5,7H2,1H3,(H,14,17)(H,18,19). The molecular weight excluding hydrogens is 278 g/mol. The number of aryl methyl sites for hydroxylation is 2. The average Bonchev–Trinajstić information content (AvgIpc) is 3.03. The van der Waals surface area contributed by atoms with Crippen LogP contribution in [-0.2, 0) is 24.8 Å². The molecule has 2 aromatic rings. The number of thiophene rings is 1. The van der Waals surface area contributed by atoms with Crippen LogP contribution in [0.25, 0.3) is 0 Å². The summed E-state index contributed by atoms with van der Waals surface area (Å²) in [6.45, 7) is 0.365. The van der Waals surface area contributed by atoms with Crippen molar-refractivity contribution in [3.05, 3.63) is 39.8 Å². The van der Waals surface area contributed by atoms with Gasteiger partial charge in [0.15, 0.2) is 0 Å². The van der Waals surface area contributed by atoms with E-state index in [9.17, 15) is 9.59 Å². The summed E-state index contributed by atoms with van der Waals surface area (Å²) < 4.78 is 1.70. The third-order valence-corrected chi connectivity index (χ3v) is 3.80. The van der Waals surface area contributed by atoms with E-state index < -0.39 is 5.97 Å². The van der Waals surface area contributed by atoms with Gasteiger partial charge in [0.2, 0.25) is 5.91 Å². The summed E-state index contributed by atoms with van der Waals surface area (Å²) in [7, 11) is 1.83. The van der Waals surface area contributed by atoms with Gasteiger partial charge in [-0.1, -0.05) is 0 Å². The fraction of sp³-hybridized carbons (Fsp3) is 0.308. The highest BCUT2D eigenvalue weighted by atomic mass is 32.1. The SMILES string of the molecule is Cn1cc(CCC(=O)NCc2ccc(C(=O)O)s2)cn1. The Balaban J connectivity index is 1.75. The molecule has 20 heavy (non-hydrogen) atoms. The Morgan fingerprint density at radius 3 is 2.85 bits per heavy atom. The zero-order chi connectivity index (χ0) is 14.5. The highest BCUT2D eigenvalue weighted by molar-refractivity contribution is 7.13. The second kappa shape index (κ2) is 6.33. The first-order chi connectivity index (χ1) is 9.54. The van der Waals surface area contributed by atoms with E-state index in [-0.39, 0.29) is 10.8 Å². The normalized spacial score (nSPS) is 10.4. The number of aromatic nitrogens is 2. The van der Waals surface area contributed by atoms with E-state index in [2.05, 4.69) is 10.4 Å². The highest BCUT2D eigenvalue weighted by Crippen LogP contribution is 2.16. The van der Waals surface area contributed by atoms with Crippen molar-refractivity contribution >= 4 is 23.2 Å². The third kappa shape index (κ3) is 3.92. The quantitative estimate of drug-likeness (QED) is 0.844. The first kappa shape index (κ1) is 14.3. The van der Waals surface area contributed by atoms with Gasteiger partial charge in [0, 0.05) is 24.5 Å². The van der Waals surface area contributed by atoms with Gasteiger partial charge < -0.3 is 10.4 Å². The summed E-state index contributed by atoms with van der Waals surface area (Å²) >= 11 is 1.17. The molecule has 0 fully saturated rings. The predicted octanol–water partition coefficient (Wildman–Crippen LogP) is 1.43. The van der Waals surface area contributed by atoms with Crippen LogP contribution in [-0.4, -0.2) is 26.8 Å². The molecule has 0 saturated carbocycles. The molecule has 106 valence electrons. The number of rotatable bonds is 6. The Kier molecular flexibility index (Phi) is 4.52. The number of carbonyl (C=O) groups is 2. The molecule has 0 bridgehead atoms. The van der Waals surface area contributed by atoms with Crippen LogP contribution >= 0.6 is 11.3 Å². The van der Waals surface area contributed by atoms with Gasteiger partial charge in [0.05, 0.1) is 12.7 Å². The number of carboxylic acids is 1. The smallest absolute Gasteiger partial charge is 0.345 e. The van der Waals surface area contributed by atoms with Crippen LogP contribution in [0, 0.1) is 0 Å². The number of hydrogen-bond donors (Lipinski definition) is 2. The summed E-state index contributed by atoms with van der Waals surface area (Å²) in [4.78, 5) is 23.5. The Labute approximate surface area is 120 Å². The molecule has 2 heterocycles. The minimum Gasteiger partial charge on any atom is -0.477 e. The number of carboxylic acid groups (broad SMARTS) is 1. The fourth-order valence-electron chi connectivity index (χ4n) is 1.72. The molecule has 0 atom stereocenters. The monoisotopic (exact) mass is 293 g/mol. The van der Waals surface area contributed by atoms with E-state index in [0.717, 1.165) is 10.4 Å². The van der Waals surface area contributed by atoms with Gasteiger partial charge in [-0.3, -0.25) is 9.48 Å². The second-order valence-corrected chi connectivity index (χ2v) is 5.54. The summed E-state index contributed by atoms with van der Waals surface area (Å²) in [5.74, 6) is -0.997. The average molecular weight is 293 g/mol. The molecule has 7 heteroatoms. The maximum absolute atomic E-state index is 11.7. The lowest BCUT2D eigenvalue weighted by molar-refractivity contribution is -0.121. The molecule has 0 aliphatic carbocycles. The summed E-state index contributed by atoms with van der Waals surface area (Å²) in [6, 6.07) is 3.26. The van der Waals surface area contributed by atoms with E-state index in [1.165, 1.54) is 11.3 Å². The number of carbonyl (C=O) groups excluding carboxylic acids is 1. The summed E-state index contributed by atoms with van der Waals surface area (Å²) in [6.07, 6.45) is 4.66. The van der Waals surface area contributed by atoms with E-state index in [1.54, 1.807) is 23.0 Å².